The third-order valence-corrected chi connectivity index (χ3v) is 2.79. The van der Waals surface area contributed by atoms with Crippen LogP contribution in [0.2, 0.25) is 0 Å². The van der Waals surface area contributed by atoms with Gasteiger partial charge >= 0.3 is 5.97 Å². The van der Waals surface area contributed by atoms with Crippen molar-refractivity contribution in [2.45, 2.75) is 18.9 Å². The Balaban J connectivity index is 2.22. The van der Waals surface area contributed by atoms with Gasteiger partial charge in [0.15, 0.2) is 0 Å². The van der Waals surface area contributed by atoms with Crippen LogP contribution in [0.1, 0.15) is 24.4 Å². The molecule has 0 aromatic heterocycles. The molecule has 0 bridgehead atoms. The molecule has 0 fully saturated rings. The van der Waals surface area contributed by atoms with Crippen molar-refractivity contribution in [3.63, 3.8) is 0 Å². The van der Waals surface area contributed by atoms with E-state index in [-0.39, 0.29) is 24.9 Å². The minimum atomic E-state index is -1.14. The molecule has 1 aromatic rings. The van der Waals surface area contributed by atoms with Crippen LogP contribution in [0.4, 0.5) is 0 Å². The number of hydrogen-bond acceptors (Lipinski definition) is 4. The van der Waals surface area contributed by atoms with Gasteiger partial charge in [-0.1, -0.05) is 30.3 Å². The van der Waals surface area contributed by atoms with Crippen molar-refractivity contribution in [2.24, 2.45) is 5.73 Å². The Morgan fingerprint density at radius 3 is 2.29 bits per heavy atom. The highest BCUT2D eigenvalue weighted by atomic mass is 16.4. The lowest BCUT2D eigenvalue weighted by Crippen LogP contribution is -2.39. The fourth-order valence-corrected chi connectivity index (χ4v) is 1.66. The highest BCUT2D eigenvalue weighted by molar-refractivity contribution is 5.86. The van der Waals surface area contributed by atoms with Gasteiger partial charge in [-0.25, -0.2) is 0 Å². The zero-order valence-corrected chi connectivity index (χ0v) is 11.5. The molecular weight excluding hydrogens is 274 g/mol. The maximum atomic E-state index is 11.6. The van der Waals surface area contributed by atoms with Crippen LogP contribution < -0.4 is 16.4 Å². The molecule has 0 heterocycles. The largest absolute Gasteiger partial charge is 0.480 e. The number of rotatable bonds is 8. The quantitative estimate of drug-likeness (QED) is 0.528. The molecule has 0 aliphatic rings. The number of aliphatic carboxylic acids is 1. The van der Waals surface area contributed by atoms with E-state index in [4.69, 9.17) is 10.8 Å². The molecule has 0 spiro atoms. The van der Waals surface area contributed by atoms with E-state index in [9.17, 15) is 14.4 Å². The molecule has 5 N–H and O–H groups in total. The maximum absolute atomic E-state index is 11.6. The molecule has 1 aromatic carbocycles. The first-order chi connectivity index (χ1) is 9.99. The molecule has 1 rings (SSSR count). The van der Waals surface area contributed by atoms with E-state index in [1.807, 2.05) is 30.3 Å². The van der Waals surface area contributed by atoms with Crippen LogP contribution in [0.15, 0.2) is 30.3 Å². The maximum Gasteiger partial charge on any atom is 0.322 e. The third kappa shape index (κ3) is 7.07. The predicted octanol–water partition coefficient (Wildman–Crippen LogP) is -0.216. The summed E-state index contributed by atoms with van der Waals surface area (Å²) in [5, 5.41) is 12.9. The van der Waals surface area contributed by atoms with Gasteiger partial charge in [-0.15, -0.1) is 0 Å². The van der Waals surface area contributed by atoms with Crippen LogP contribution in [0.25, 0.3) is 0 Å². The average Bonchev–Trinajstić information content (AvgIpc) is 2.49. The Labute approximate surface area is 122 Å². The fourth-order valence-electron chi connectivity index (χ4n) is 1.66. The Kier molecular flexibility index (Phi) is 6.90. The van der Waals surface area contributed by atoms with Crippen molar-refractivity contribution in [1.29, 1.82) is 0 Å². The Morgan fingerprint density at radius 1 is 1.05 bits per heavy atom. The van der Waals surface area contributed by atoms with Crippen LogP contribution in [0.5, 0.6) is 0 Å². The van der Waals surface area contributed by atoms with E-state index >= 15 is 0 Å². The molecule has 0 aliphatic heterocycles. The van der Waals surface area contributed by atoms with Crippen LogP contribution in [-0.2, 0) is 14.4 Å². The number of nitrogens with one attached hydrogen (secondary N) is 2. The summed E-state index contributed by atoms with van der Waals surface area (Å²) in [7, 11) is 0. The molecule has 0 aliphatic carbocycles. The van der Waals surface area contributed by atoms with Crippen molar-refractivity contribution >= 4 is 17.8 Å². The zero-order chi connectivity index (χ0) is 15.7. The first-order valence-corrected chi connectivity index (χ1v) is 6.54. The summed E-state index contributed by atoms with van der Waals surface area (Å²) in [6.45, 7) is -0.708. The molecule has 0 saturated carbocycles. The summed E-state index contributed by atoms with van der Waals surface area (Å²) < 4.78 is 0. The first-order valence-electron chi connectivity index (χ1n) is 6.54. The highest BCUT2D eigenvalue weighted by Crippen LogP contribution is 2.14. The predicted molar refractivity (Wildman–Crippen MR) is 76.3 cm³/mol. The molecule has 7 nitrogen and oxygen atoms in total. The highest BCUT2D eigenvalue weighted by Gasteiger charge is 2.10. The van der Waals surface area contributed by atoms with Crippen LogP contribution >= 0.6 is 0 Å². The molecule has 2 amide bonds. The Morgan fingerprint density at radius 2 is 1.67 bits per heavy atom. The van der Waals surface area contributed by atoms with E-state index in [1.54, 1.807) is 0 Å². The number of benzene rings is 1. The monoisotopic (exact) mass is 293 g/mol. The van der Waals surface area contributed by atoms with Gasteiger partial charge in [0.2, 0.25) is 11.8 Å². The second-order valence-corrected chi connectivity index (χ2v) is 4.50. The summed E-state index contributed by atoms with van der Waals surface area (Å²) in [5.74, 6) is -1.98. The van der Waals surface area contributed by atoms with Gasteiger partial charge in [-0.3, -0.25) is 14.4 Å². The molecule has 7 heteroatoms. The second kappa shape index (κ2) is 8.70. The number of carbonyl (C=O) groups excluding carboxylic acids is 2. The van der Waals surface area contributed by atoms with Gasteiger partial charge in [0.1, 0.15) is 6.54 Å². The van der Waals surface area contributed by atoms with E-state index in [2.05, 4.69) is 10.6 Å². The number of carboxylic acids is 1. The fraction of sp³-hybridized carbons (Fsp3) is 0.357. The number of amides is 2. The van der Waals surface area contributed by atoms with Gasteiger partial charge in [-0.2, -0.15) is 0 Å². The van der Waals surface area contributed by atoms with E-state index < -0.39 is 18.4 Å². The summed E-state index contributed by atoms with van der Waals surface area (Å²) in [6.07, 6.45) is 0.662. The van der Waals surface area contributed by atoms with Crippen LogP contribution in [0, 0.1) is 0 Å². The van der Waals surface area contributed by atoms with Gasteiger partial charge < -0.3 is 21.5 Å². The summed E-state index contributed by atoms with van der Waals surface area (Å²) in [6, 6.07) is 9.19. The zero-order valence-electron chi connectivity index (χ0n) is 11.5. The number of hydrogen-bond donors (Lipinski definition) is 4. The first kappa shape index (κ1) is 16.6. The smallest absolute Gasteiger partial charge is 0.322 e. The van der Waals surface area contributed by atoms with Crippen molar-refractivity contribution in [2.75, 3.05) is 13.1 Å². The standard InChI is InChI=1S/C14H19N3O4/c15-11(10-4-2-1-3-5-10)6-7-12(18)16-8-13(19)17-9-14(20)21/h1-5,11H,6-9,15H2,(H,16,18)(H,17,19)(H,20,21). The molecule has 0 saturated heterocycles. The molecule has 1 unspecified atom stereocenters. The normalized spacial score (nSPS) is 11.5. The third-order valence-electron chi connectivity index (χ3n) is 2.79. The molecular formula is C14H19N3O4. The van der Waals surface area contributed by atoms with E-state index in [0.29, 0.717) is 6.42 Å². The van der Waals surface area contributed by atoms with Crippen molar-refractivity contribution < 1.29 is 19.5 Å². The van der Waals surface area contributed by atoms with Gasteiger partial charge in [0.25, 0.3) is 0 Å². The SMILES string of the molecule is NC(CCC(=O)NCC(=O)NCC(=O)O)c1ccccc1. The lowest BCUT2D eigenvalue weighted by Gasteiger charge is -2.11. The average molecular weight is 293 g/mol. The Hall–Kier alpha value is -2.41. The van der Waals surface area contributed by atoms with Gasteiger partial charge in [-0.05, 0) is 12.0 Å². The lowest BCUT2D eigenvalue weighted by atomic mass is 10.0. The van der Waals surface area contributed by atoms with Crippen LogP contribution in [-0.4, -0.2) is 36.0 Å². The van der Waals surface area contributed by atoms with Crippen molar-refractivity contribution in [1.82, 2.24) is 10.6 Å². The topological polar surface area (TPSA) is 122 Å². The summed E-state index contributed by atoms with van der Waals surface area (Å²) >= 11 is 0. The number of nitrogens with two attached hydrogens (primary N) is 1. The van der Waals surface area contributed by atoms with Crippen molar-refractivity contribution in [3.05, 3.63) is 35.9 Å². The molecule has 21 heavy (non-hydrogen) atoms. The molecule has 114 valence electrons. The van der Waals surface area contributed by atoms with E-state index in [1.165, 1.54) is 0 Å². The molecule has 1 atom stereocenters. The lowest BCUT2D eigenvalue weighted by molar-refractivity contribution is -0.137. The summed E-state index contributed by atoms with van der Waals surface area (Å²) in [4.78, 5) is 33.0. The number of carbonyl (C=O) groups is 3. The number of carboxylic acid groups (broad SMARTS) is 1. The summed E-state index contributed by atoms with van der Waals surface area (Å²) in [5.41, 5.74) is 6.90. The van der Waals surface area contributed by atoms with E-state index in [0.717, 1.165) is 5.56 Å². The minimum absolute atomic E-state index is 0.197. The molecule has 0 radical (unpaired) electrons. The second-order valence-electron chi connectivity index (χ2n) is 4.50. The Bertz CT molecular complexity index is 490. The van der Waals surface area contributed by atoms with Gasteiger partial charge in [0, 0.05) is 12.5 Å². The van der Waals surface area contributed by atoms with Crippen LogP contribution in [0.3, 0.4) is 0 Å². The van der Waals surface area contributed by atoms with Gasteiger partial charge in [0.05, 0.1) is 6.54 Å². The van der Waals surface area contributed by atoms with Crippen molar-refractivity contribution in [3.8, 4) is 0 Å². The minimum Gasteiger partial charge on any atom is -0.480 e.